The maximum Gasteiger partial charge on any atom is 0.161 e. The number of aliphatic hydroxyl groups is 2. The molecule has 2 unspecified atom stereocenters. The predicted octanol–water partition coefficient (Wildman–Crippen LogP) is 3.46. The summed E-state index contributed by atoms with van der Waals surface area (Å²) in [7, 11) is 4.79. The van der Waals surface area contributed by atoms with Crippen molar-refractivity contribution in [3.63, 3.8) is 0 Å². The molecule has 0 saturated heterocycles. The van der Waals surface area contributed by atoms with Crippen LogP contribution in [0.3, 0.4) is 0 Å². The summed E-state index contributed by atoms with van der Waals surface area (Å²) in [6.45, 7) is -0.108. The molecule has 0 aliphatic rings. The van der Waals surface area contributed by atoms with Gasteiger partial charge >= 0.3 is 0 Å². The van der Waals surface area contributed by atoms with Gasteiger partial charge in [-0.05, 0) is 41.8 Å². The van der Waals surface area contributed by atoms with Gasteiger partial charge in [-0.2, -0.15) is 0 Å². The van der Waals surface area contributed by atoms with E-state index < -0.39 is 6.10 Å². The molecule has 2 atom stereocenters. The van der Waals surface area contributed by atoms with E-state index in [1.165, 1.54) is 0 Å². The second-order valence-electron chi connectivity index (χ2n) is 5.91. The van der Waals surface area contributed by atoms with Crippen LogP contribution in [-0.2, 0) is 0 Å². The van der Waals surface area contributed by atoms with Crippen LogP contribution >= 0.6 is 0 Å². The van der Waals surface area contributed by atoms with Gasteiger partial charge in [0.2, 0.25) is 0 Å². The summed E-state index contributed by atoms with van der Waals surface area (Å²) >= 11 is 0. The van der Waals surface area contributed by atoms with Crippen molar-refractivity contribution in [2.24, 2.45) is 5.92 Å². The summed E-state index contributed by atoms with van der Waals surface area (Å²) in [6, 6.07) is 12.9. The average Bonchev–Trinajstić information content (AvgIpc) is 2.70. The molecule has 0 bridgehead atoms. The molecule has 26 heavy (non-hydrogen) atoms. The summed E-state index contributed by atoms with van der Waals surface area (Å²) in [6.07, 6.45) is 3.67. The first-order valence-corrected chi connectivity index (χ1v) is 8.44. The lowest BCUT2D eigenvalue weighted by molar-refractivity contribution is 0.0684. The van der Waals surface area contributed by atoms with Crippen molar-refractivity contribution >= 4 is 6.08 Å². The first-order valence-electron chi connectivity index (χ1n) is 8.44. The zero-order chi connectivity index (χ0) is 18.9. The van der Waals surface area contributed by atoms with Gasteiger partial charge in [0.1, 0.15) is 5.75 Å². The third-order valence-electron chi connectivity index (χ3n) is 4.30. The van der Waals surface area contributed by atoms with E-state index >= 15 is 0 Å². The molecular weight excluding hydrogens is 332 g/mol. The van der Waals surface area contributed by atoms with Crippen LogP contribution < -0.4 is 14.2 Å². The van der Waals surface area contributed by atoms with E-state index in [-0.39, 0.29) is 12.5 Å². The van der Waals surface area contributed by atoms with E-state index in [1.54, 1.807) is 33.5 Å². The van der Waals surface area contributed by atoms with Crippen LogP contribution in [0.15, 0.2) is 48.5 Å². The van der Waals surface area contributed by atoms with Crippen molar-refractivity contribution in [1.82, 2.24) is 0 Å². The predicted molar refractivity (Wildman–Crippen MR) is 102 cm³/mol. The number of methoxy groups -OCH3 is 3. The fourth-order valence-corrected chi connectivity index (χ4v) is 2.71. The Kier molecular flexibility index (Phi) is 7.51. The first-order chi connectivity index (χ1) is 12.6. The Hall–Kier alpha value is -2.50. The first kappa shape index (κ1) is 19.8. The van der Waals surface area contributed by atoms with Crippen molar-refractivity contribution in [2.75, 3.05) is 27.9 Å². The lowest BCUT2D eigenvalue weighted by Crippen LogP contribution is -2.16. The second-order valence-corrected chi connectivity index (χ2v) is 5.91. The number of ether oxygens (including phenoxy) is 3. The van der Waals surface area contributed by atoms with Gasteiger partial charge in [0, 0.05) is 12.5 Å². The molecule has 0 heterocycles. The molecule has 2 aromatic carbocycles. The average molecular weight is 358 g/mol. The Morgan fingerprint density at radius 1 is 0.923 bits per heavy atom. The van der Waals surface area contributed by atoms with Crippen LogP contribution in [0.1, 0.15) is 23.7 Å². The third kappa shape index (κ3) is 5.00. The van der Waals surface area contributed by atoms with Crippen molar-refractivity contribution in [1.29, 1.82) is 0 Å². The lowest BCUT2D eigenvalue weighted by atomic mass is 9.93. The van der Waals surface area contributed by atoms with Crippen LogP contribution in [0.5, 0.6) is 17.2 Å². The molecule has 0 spiro atoms. The van der Waals surface area contributed by atoms with Crippen LogP contribution in [0.4, 0.5) is 0 Å². The van der Waals surface area contributed by atoms with Crippen molar-refractivity contribution in [2.45, 2.75) is 12.5 Å². The van der Waals surface area contributed by atoms with Crippen LogP contribution in [-0.4, -0.2) is 38.1 Å². The molecule has 0 aromatic heterocycles. The fourth-order valence-electron chi connectivity index (χ4n) is 2.71. The highest BCUT2D eigenvalue weighted by molar-refractivity contribution is 5.55. The number of aliphatic hydroxyl groups excluding tert-OH is 2. The third-order valence-corrected chi connectivity index (χ3v) is 4.30. The highest BCUT2D eigenvalue weighted by Gasteiger charge is 2.19. The van der Waals surface area contributed by atoms with Crippen molar-refractivity contribution < 1.29 is 24.4 Å². The highest BCUT2D eigenvalue weighted by atomic mass is 16.5. The van der Waals surface area contributed by atoms with Crippen LogP contribution in [0.2, 0.25) is 0 Å². The number of hydrogen-bond acceptors (Lipinski definition) is 5. The van der Waals surface area contributed by atoms with Gasteiger partial charge in [-0.1, -0.05) is 30.4 Å². The minimum absolute atomic E-state index is 0.108. The van der Waals surface area contributed by atoms with Gasteiger partial charge < -0.3 is 24.4 Å². The monoisotopic (exact) mass is 358 g/mol. The number of benzene rings is 2. The van der Waals surface area contributed by atoms with Crippen LogP contribution in [0.25, 0.3) is 6.08 Å². The molecule has 2 aromatic rings. The maximum atomic E-state index is 10.5. The Morgan fingerprint density at radius 2 is 1.62 bits per heavy atom. The molecule has 5 nitrogen and oxygen atoms in total. The zero-order valence-corrected chi connectivity index (χ0v) is 15.4. The highest BCUT2D eigenvalue weighted by Crippen LogP contribution is 2.29. The van der Waals surface area contributed by atoms with Gasteiger partial charge in [0.15, 0.2) is 11.5 Å². The van der Waals surface area contributed by atoms with E-state index in [9.17, 15) is 10.2 Å². The molecule has 0 aliphatic heterocycles. The SMILES string of the molecule is COc1ccc(C(O)C(CO)CC=Cc2ccc(OC)c(OC)c2)cc1. The summed E-state index contributed by atoms with van der Waals surface area (Å²) in [4.78, 5) is 0. The Morgan fingerprint density at radius 3 is 2.19 bits per heavy atom. The van der Waals surface area contributed by atoms with E-state index in [2.05, 4.69) is 0 Å². The van der Waals surface area contributed by atoms with Crippen molar-refractivity contribution in [3.05, 3.63) is 59.7 Å². The molecule has 2 rings (SSSR count). The lowest BCUT2D eigenvalue weighted by Gasteiger charge is -2.20. The maximum absolute atomic E-state index is 10.5. The minimum Gasteiger partial charge on any atom is -0.497 e. The Labute approximate surface area is 154 Å². The van der Waals surface area contributed by atoms with E-state index in [1.807, 2.05) is 42.5 Å². The minimum atomic E-state index is -0.749. The fraction of sp³-hybridized carbons (Fsp3) is 0.333. The molecule has 0 saturated carbocycles. The molecule has 0 aliphatic carbocycles. The van der Waals surface area contributed by atoms with E-state index in [0.29, 0.717) is 17.9 Å². The zero-order valence-electron chi connectivity index (χ0n) is 15.4. The Bertz CT molecular complexity index is 709. The van der Waals surface area contributed by atoms with Crippen LogP contribution in [0, 0.1) is 5.92 Å². The second kappa shape index (κ2) is 9.85. The van der Waals surface area contributed by atoms with Gasteiger partial charge in [-0.3, -0.25) is 0 Å². The summed E-state index contributed by atoms with van der Waals surface area (Å²) in [5.41, 5.74) is 1.71. The normalized spacial score (nSPS) is 13.4. The van der Waals surface area contributed by atoms with Gasteiger partial charge in [0.05, 0.1) is 27.4 Å². The molecule has 0 fully saturated rings. The quantitative estimate of drug-likeness (QED) is 0.718. The molecule has 0 amide bonds. The van der Waals surface area contributed by atoms with E-state index in [0.717, 1.165) is 16.9 Å². The van der Waals surface area contributed by atoms with Gasteiger partial charge in [0.25, 0.3) is 0 Å². The van der Waals surface area contributed by atoms with Crippen molar-refractivity contribution in [3.8, 4) is 17.2 Å². The number of rotatable bonds is 9. The Balaban J connectivity index is 2.04. The molecule has 0 radical (unpaired) electrons. The molecular formula is C21H26O5. The number of allylic oxidation sites excluding steroid dienone is 1. The summed E-state index contributed by atoms with van der Waals surface area (Å²) in [5.74, 6) is 1.77. The largest absolute Gasteiger partial charge is 0.497 e. The molecule has 140 valence electrons. The van der Waals surface area contributed by atoms with E-state index in [4.69, 9.17) is 14.2 Å². The smallest absolute Gasteiger partial charge is 0.161 e. The molecule has 5 heteroatoms. The summed E-state index contributed by atoms with van der Waals surface area (Å²) in [5, 5.41) is 20.2. The molecule has 2 N–H and O–H groups in total. The topological polar surface area (TPSA) is 68.2 Å². The van der Waals surface area contributed by atoms with Gasteiger partial charge in [-0.15, -0.1) is 0 Å². The standard InChI is InChI=1S/C21H26O5/c1-24-18-10-8-16(9-11-18)21(23)17(14-22)6-4-5-15-7-12-19(25-2)20(13-15)26-3/h4-5,7-13,17,21-23H,6,14H2,1-3H3. The summed E-state index contributed by atoms with van der Waals surface area (Å²) < 4.78 is 15.6. The number of hydrogen-bond donors (Lipinski definition) is 2. The van der Waals surface area contributed by atoms with Gasteiger partial charge in [-0.25, -0.2) is 0 Å².